The zero-order valence-corrected chi connectivity index (χ0v) is 13.0. The molecule has 1 aliphatic heterocycles. The Morgan fingerprint density at radius 3 is 2.81 bits per heavy atom. The summed E-state index contributed by atoms with van der Waals surface area (Å²) in [5.74, 6) is 0.919. The van der Waals surface area contributed by atoms with Gasteiger partial charge >= 0.3 is 0 Å². The third-order valence-electron chi connectivity index (χ3n) is 5.04. The minimum atomic E-state index is 0.0480. The van der Waals surface area contributed by atoms with E-state index in [-0.39, 0.29) is 17.7 Å². The highest BCUT2D eigenvalue weighted by atomic mass is 16.6. The Bertz CT molecular complexity index is 468. The van der Waals surface area contributed by atoms with Crippen LogP contribution in [0.3, 0.4) is 0 Å². The van der Waals surface area contributed by atoms with Gasteiger partial charge in [0, 0.05) is 11.6 Å². The van der Waals surface area contributed by atoms with E-state index in [9.17, 15) is 0 Å². The molecule has 1 aromatic carbocycles. The number of nitrogens with two attached hydrogens (primary N) is 1. The molecule has 116 valence electrons. The molecule has 2 fully saturated rings. The first-order valence-electron chi connectivity index (χ1n) is 8.37. The molecular formula is C18H27NO2. The molecule has 1 saturated heterocycles. The predicted octanol–water partition coefficient (Wildman–Crippen LogP) is 3.97. The first-order chi connectivity index (χ1) is 10.2. The summed E-state index contributed by atoms with van der Waals surface area (Å²) in [7, 11) is 0. The van der Waals surface area contributed by atoms with Gasteiger partial charge in [-0.25, -0.2) is 0 Å². The Kier molecular flexibility index (Phi) is 4.51. The zero-order valence-electron chi connectivity index (χ0n) is 13.0. The third kappa shape index (κ3) is 3.24. The molecule has 0 aromatic heterocycles. The van der Waals surface area contributed by atoms with E-state index in [0.717, 1.165) is 24.2 Å². The topological polar surface area (TPSA) is 44.5 Å². The van der Waals surface area contributed by atoms with Crippen LogP contribution in [-0.4, -0.2) is 18.3 Å². The van der Waals surface area contributed by atoms with Crippen molar-refractivity contribution < 1.29 is 9.47 Å². The average Bonchev–Trinajstić information content (AvgIpc) is 3.15. The molecular weight excluding hydrogens is 262 g/mol. The van der Waals surface area contributed by atoms with Crippen LogP contribution in [0.1, 0.15) is 63.5 Å². The second kappa shape index (κ2) is 6.37. The summed E-state index contributed by atoms with van der Waals surface area (Å²) in [6.45, 7) is 2.75. The number of hydrogen-bond donors (Lipinski definition) is 1. The number of para-hydroxylation sites is 1. The Labute approximate surface area is 127 Å². The number of rotatable bonds is 5. The summed E-state index contributed by atoms with van der Waals surface area (Å²) in [6, 6.07) is 8.17. The molecule has 0 amide bonds. The molecule has 2 aliphatic rings. The van der Waals surface area contributed by atoms with Crippen LogP contribution in [0.15, 0.2) is 24.3 Å². The largest absolute Gasteiger partial charge is 0.491 e. The maximum absolute atomic E-state index is 6.30. The SMILES string of the molecule is CC[C@@H](N)c1ccccc1OCC1CCC2(CCCC2)O1. The van der Waals surface area contributed by atoms with Gasteiger partial charge in [-0.3, -0.25) is 0 Å². The Hall–Kier alpha value is -1.06. The minimum absolute atomic E-state index is 0.0480. The second-order valence-electron chi connectivity index (χ2n) is 6.53. The highest BCUT2D eigenvalue weighted by Crippen LogP contribution is 2.43. The third-order valence-corrected chi connectivity index (χ3v) is 5.04. The van der Waals surface area contributed by atoms with E-state index in [1.54, 1.807) is 0 Å². The monoisotopic (exact) mass is 289 g/mol. The molecule has 3 heteroatoms. The molecule has 2 atom stereocenters. The van der Waals surface area contributed by atoms with E-state index in [1.165, 1.54) is 32.1 Å². The van der Waals surface area contributed by atoms with Crippen molar-refractivity contribution in [2.45, 2.75) is 69.6 Å². The van der Waals surface area contributed by atoms with Crippen molar-refractivity contribution in [3.63, 3.8) is 0 Å². The van der Waals surface area contributed by atoms with Crippen LogP contribution in [0, 0.1) is 0 Å². The lowest BCUT2D eigenvalue weighted by Gasteiger charge is -2.24. The van der Waals surface area contributed by atoms with E-state index >= 15 is 0 Å². The van der Waals surface area contributed by atoms with Crippen LogP contribution in [0.2, 0.25) is 0 Å². The van der Waals surface area contributed by atoms with Gasteiger partial charge in [0.05, 0.1) is 11.7 Å². The maximum Gasteiger partial charge on any atom is 0.124 e. The fraction of sp³-hybridized carbons (Fsp3) is 0.667. The van der Waals surface area contributed by atoms with Crippen LogP contribution in [0.5, 0.6) is 5.75 Å². The number of ether oxygens (including phenoxy) is 2. The summed E-state index contributed by atoms with van der Waals surface area (Å²) >= 11 is 0. The van der Waals surface area contributed by atoms with Crippen molar-refractivity contribution in [2.24, 2.45) is 5.73 Å². The molecule has 1 heterocycles. The van der Waals surface area contributed by atoms with Crippen LogP contribution >= 0.6 is 0 Å². The number of benzene rings is 1. The lowest BCUT2D eigenvalue weighted by Crippen LogP contribution is -2.27. The van der Waals surface area contributed by atoms with Gasteiger partial charge in [0.25, 0.3) is 0 Å². The predicted molar refractivity (Wildman–Crippen MR) is 84.5 cm³/mol. The van der Waals surface area contributed by atoms with Gasteiger partial charge < -0.3 is 15.2 Å². The van der Waals surface area contributed by atoms with Crippen molar-refractivity contribution in [1.82, 2.24) is 0 Å². The molecule has 1 spiro atoms. The van der Waals surface area contributed by atoms with Crippen molar-refractivity contribution in [3.05, 3.63) is 29.8 Å². The van der Waals surface area contributed by atoms with Crippen LogP contribution in [0.4, 0.5) is 0 Å². The quantitative estimate of drug-likeness (QED) is 0.892. The van der Waals surface area contributed by atoms with Gasteiger partial charge in [-0.05, 0) is 38.2 Å². The van der Waals surface area contributed by atoms with Crippen molar-refractivity contribution in [3.8, 4) is 5.75 Å². The van der Waals surface area contributed by atoms with Crippen molar-refractivity contribution >= 4 is 0 Å². The summed E-state index contributed by atoms with van der Waals surface area (Å²) in [6.07, 6.45) is 8.61. The molecule has 0 bridgehead atoms. The summed E-state index contributed by atoms with van der Waals surface area (Å²) in [5.41, 5.74) is 7.45. The van der Waals surface area contributed by atoms with Gasteiger partial charge in [-0.2, -0.15) is 0 Å². The van der Waals surface area contributed by atoms with Crippen LogP contribution in [0.25, 0.3) is 0 Å². The smallest absolute Gasteiger partial charge is 0.124 e. The molecule has 2 N–H and O–H groups in total. The van der Waals surface area contributed by atoms with Gasteiger partial charge in [-0.1, -0.05) is 38.0 Å². The molecule has 1 aliphatic carbocycles. The summed E-state index contributed by atoms with van der Waals surface area (Å²) in [4.78, 5) is 0. The van der Waals surface area contributed by atoms with E-state index in [4.69, 9.17) is 15.2 Å². The fourth-order valence-corrected chi connectivity index (χ4v) is 3.72. The van der Waals surface area contributed by atoms with Gasteiger partial charge in [0.15, 0.2) is 0 Å². The van der Waals surface area contributed by atoms with Gasteiger partial charge in [0.2, 0.25) is 0 Å². The lowest BCUT2D eigenvalue weighted by atomic mass is 9.98. The second-order valence-corrected chi connectivity index (χ2v) is 6.53. The highest BCUT2D eigenvalue weighted by molar-refractivity contribution is 5.35. The van der Waals surface area contributed by atoms with Crippen LogP contribution in [-0.2, 0) is 4.74 Å². The molecule has 1 unspecified atom stereocenters. The standard InChI is InChI=1S/C18H27NO2/c1-2-16(19)15-7-3-4-8-17(15)20-13-14-9-12-18(21-14)10-5-6-11-18/h3-4,7-8,14,16H,2,5-6,9-13,19H2,1H3/t14?,16-/m1/s1. The van der Waals surface area contributed by atoms with E-state index < -0.39 is 0 Å². The average molecular weight is 289 g/mol. The Morgan fingerprint density at radius 1 is 1.29 bits per heavy atom. The first-order valence-corrected chi connectivity index (χ1v) is 8.37. The minimum Gasteiger partial charge on any atom is -0.491 e. The highest BCUT2D eigenvalue weighted by Gasteiger charge is 2.42. The molecule has 0 radical (unpaired) electrons. The Balaban J connectivity index is 1.58. The van der Waals surface area contributed by atoms with E-state index in [1.807, 2.05) is 18.2 Å². The normalized spacial score (nSPS) is 25.3. The molecule has 3 nitrogen and oxygen atoms in total. The number of hydrogen-bond acceptors (Lipinski definition) is 3. The zero-order chi connectivity index (χ0) is 14.7. The summed E-state index contributed by atoms with van der Waals surface area (Å²) in [5, 5.41) is 0. The Morgan fingerprint density at radius 2 is 2.05 bits per heavy atom. The maximum atomic E-state index is 6.30. The summed E-state index contributed by atoms with van der Waals surface area (Å²) < 4.78 is 12.3. The molecule has 3 rings (SSSR count). The molecule has 1 saturated carbocycles. The van der Waals surface area contributed by atoms with Gasteiger partial charge in [0.1, 0.15) is 12.4 Å². The lowest BCUT2D eigenvalue weighted by molar-refractivity contribution is -0.0510. The van der Waals surface area contributed by atoms with Crippen molar-refractivity contribution in [1.29, 1.82) is 0 Å². The molecule has 1 aromatic rings. The first kappa shape index (κ1) is 14.9. The van der Waals surface area contributed by atoms with E-state index in [2.05, 4.69) is 13.0 Å². The molecule has 21 heavy (non-hydrogen) atoms. The van der Waals surface area contributed by atoms with Crippen molar-refractivity contribution in [2.75, 3.05) is 6.61 Å². The van der Waals surface area contributed by atoms with Gasteiger partial charge in [-0.15, -0.1) is 0 Å². The van der Waals surface area contributed by atoms with E-state index in [0.29, 0.717) is 6.61 Å². The van der Waals surface area contributed by atoms with Crippen LogP contribution < -0.4 is 10.5 Å². The fourth-order valence-electron chi connectivity index (χ4n) is 3.72.